The molecule has 2 aliphatic carbocycles. The van der Waals surface area contributed by atoms with E-state index in [1.54, 1.807) is 33.3 Å². The van der Waals surface area contributed by atoms with E-state index in [4.69, 9.17) is 9.84 Å². The van der Waals surface area contributed by atoms with E-state index < -0.39 is 0 Å². The maximum Gasteiger partial charge on any atom is 0.251 e. The molecule has 1 fully saturated rings. The van der Waals surface area contributed by atoms with Gasteiger partial charge >= 0.3 is 0 Å². The van der Waals surface area contributed by atoms with E-state index in [-0.39, 0.29) is 42.1 Å². The normalized spacial score (nSPS) is 21.0. The van der Waals surface area contributed by atoms with Gasteiger partial charge in [0.15, 0.2) is 0 Å². The van der Waals surface area contributed by atoms with Gasteiger partial charge in [-0.1, -0.05) is 50.0 Å². The number of nitrogens with one attached hydrogen (secondary N) is 1. The van der Waals surface area contributed by atoms with Crippen molar-refractivity contribution in [2.75, 3.05) is 27.7 Å². The molecular weight excluding hydrogens is 516 g/mol. The minimum atomic E-state index is -0.302. The first kappa shape index (κ1) is 28.6. The number of fused-ring (bicyclic) bond motifs is 1. The fourth-order valence-electron chi connectivity index (χ4n) is 6.14. The molecule has 0 saturated heterocycles. The average Bonchev–Trinajstić information content (AvgIpc) is 3.29. The molecule has 0 unspecified atom stereocenters. The second-order valence-electron chi connectivity index (χ2n) is 11.4. The highest BCUT2D eigenvalue weighted by Crippen LogP contribution is 2.39. The number of carbonyl (C=O) groups is 3. The Morgan fingerprint density at radius 1 is 0.951 bits per heavy atom. The van der Waals surface area contributed by atoms with Crippen LogP contribution in [0.5, 0.6) is 5.75 Å². The molecular formula is C33H40N4O4. The van der Waals surface area contributed by atoms with Gasteiger partial charge in [0.2, 0.25) is 11.8 Å². The van der Waals surface area contributed by atoms with Crippen molar-refractivity contribution in [3.8, 4) is 16.9 Å². The molecule has 3 amide bonds. The number of hydrogen-bond donors (Lipinski definition) is 1. The molecule has 0 aromatic heterocycles. The Bertz CT molecular complexity index is 1340. The SMILES string of the molecule is COc1ccc(C2=NN(C3CCCCCC3)C(=O)[C@@H]3CC=CC[C@H]23)cc1-c1ccc(C(=O)NCC(=O)N(C)C)cc1. The quantitative estimate of drug-likeness (QED) is 0.383. The number of amides is 3. The Balaban J connectivity index is 1.45. The van der Waals surface area contributed by atoms with E-state index in [1.807, 2.05) is 29.3 Å². The number of hydrogen-bond acceptors (Lipinski definition) is 5. The number of benzene rings is 2. The third kappa shape index (κ3) is 6.21. The molecule has 1 N–H and O–H groups in total. The summed E-state index contributed by atoms with van der Waals surface area (Å²) in [4.78, 5) is 39.5. The summed E-state index contributed by atoms with van der Waals surface area (Å²) in [6.45, 7) is -0.0523. The van der Waals surface area contributed by atoms with Crippen molar-refractivity contribution in [1.82, 2.24) is 15.2 Å². The molecule has 1 aliphatic heterocycles. The van der Waals surface area contributed by atoms with Gasteiger partial charge in [0.1, 0.15) is 5.75 Å². The smallest absolute Gasteiger partial charge is 0.251 e. The standard InChI is InChI=1S/C33H40N4O4/c1-36(2)30(38)21-34-32(39)23-16-14-22(15-17-23)28-20-24(18-19-29(28)41-3)31-26-12-8-9-13-27(26)33(40)37(35-31)25-10-6-4-5-7-11-25/h8-9,14-20,25-27H,4-7,10-13,21H2,1-3H3,(H,34,39)/t26-,27+/m0/s1. The topological polar surface area (TPSA) is 91.3 Å². The molecule has 3 aliphatic rings. The van der Waals surface area contributed by atoms with Crippen molar-refractivity contribution in [3.05, 3.63) is 65.7 Å². The molecule has 5 rings (SSSR count). The number of ether oxygens (including phenoxy) is 1. The van der Waals surface area contributed by atoms with Gasteiger partial charge in [0.25, 0.3) is 5.91 Å². The van der Waals surface area contributed by atoms with Crippen LogP contribution in [-0.2, 0) is 9.59 Å². The minimum Gasteiger partial charge on any atom is -0.496 e. The summed E-state index contributed by atoms with van der Waals surface area (Å²) in [5.74, 6) is 0.381. The fourth-order valence-corrected chi connectivity index (χ4v) is 6.14. The van der Waals surface area contributed by atoms with Crippen molar-refractivity contribution >= 4 is 23.4 Å². The molecule has 1 heterocycles. The molecule has 1 saturated carbocycles. The highest BCUT2D eigenvalue weighted by atomic mass is 16.5. The summed E-state index contributed by atoms with van der Waals surface area (Å²) in [7, 11) is 4.96. The van der Waals surface area contributed by atoms with Crippen LogP contribution < -0.4 is 10.1 Å². The highest BCUT2D eigenvalue weighted by molar-refractivity contribution is 6.08. The Hall–Kier alpha value is -3.94. The predicted molar refractivity (Wildman–Crippen MR) is 160 cm³/mol. The fraction of sp³-hybridized carbons (Fsp3) is 0.455. The molecule has 0 bridgehead atoms. The van der Waals surface area contributed by atoms with Crippen LogP contribution in [-0.4, -0.2) is 67.1 Å². The van der Waals surface area contributed by atoms with Crippen LogP contribution in [0.15, 0.2) is 59.7 Å². The molecule has 0 radical (unpaired) electrons. The van der Waals surface area contributed by atoms with Gasteiger partial charge in [-0.15, -0.1) is 0 Å². The zero-order valence-corrected chi connectivity index (χ0v) is 24.3. The van der Waals surface area contributed by atoms with Gasteiger partial charge in [-0.2, -0.15) is 5.10 Å². The maximum atomic E-state index is 13.7. The lowest BCUT2D eigenvalue weighted by Gasteiger charge is -2.40. The molecule has 2 aromatic carbocycles. The van der Waals surface area contributed by atoms with E-state index in [9.17, 15) is 14.4 Å². The van der Waals surface area contributed by atoms with E-state index in [0.29, 0.717) is 5.56 Å². The van der Waals surface area contributed by atoms with Crippen molar-refractivity contribution in [2.24, 2.45) is 16.9 Å². The highest BCUT2D eigenvalue weighted by Gasteiger charge is 2.42. The van der Waals surface area contributed by atoms with E-state index >= 15 is 0 Å². The lowest BCUT2D eigenvalue weighted by Crippen LogP contribution is -2.49. The Morgan fingerprint density at radius 2 is 1.61 bits per heavy atom. The number of carbonyl (C=O) groups excluding carboxylic acids is 3. The Kier molecular flexibility index (Phi) is 8.86. The van der Waals surface area contributed by atoms with Crippen LogP contribution in [0.3, 0.4) is 0 Å². The average molecular weight is 557 g/mol. The number of methoxy groups -OCH3 is 1. The van der Waals surface area contributed by atoms with Gasteiger partial charge in [0, 0.05) is 31.1 Å². The molecule has 41 heavy (non-hydrogen) atoms. The van der Waals surface area contributed by atoms with Crippen LogP contribution in [0, 0.1) is 11.8 Å². The summed E-state index contributed by atoms with van der Waals surface area (Å²) >= 11 is 0. The number of nitrogens with zero attached hydrogens (tertiary/aromatic N) is 3. The Morgan fingerprint density at radius 3 is 2.27 bits per heavy atom. The molecule has 8 heteroatoms. The van der Waals surface area contributed by atoms with Crippen molar-refractivity contribution in [1.29, 1.82) is 0 Å². The van der Waals surface area contributed by atoms with Crippen LogP contribution in [0.2, 0.25) is 0 Å². The van der Waals surface area contributed by atoms with E-state index in [2.05, 4.69) is 23.5 Å². The molecule has 2 atom stereocenters. The summed E-state index contributed by atoms with van der Waals surface area (Å²) in [6, 6.07) is 13.5. The van der Waals surface area contributed by atoms with E-state index in [1.165, 1.54) is 17.7 Å². The van der Waals surface area contributed by atoms with E-state index in [0.717, 1.165) is 66.7 Å². The minimum absolute atomic E-state index is 0.0479. The number of hydrazone groups is 1. The summed E-state index contributed by atoms with van der Waals surface area (Å²) in [6.07, 6.45) is 12.6. The number of rotatable bonds is 7. The lowest BCUT2D eigenvalue weighted by molar-refractivity contribution is -0.140. The lowest BCUT2D eigenvalue weighted by atomic mass is 9.76. The van der Waals surface area contributed by atoms with Crippen molar-refractivity contribution in [3.63, 3.8) is 0 Å². The number of allylic oxidation sites excluding steroid dienone is 2. The summed E-state index contributed by atoms with van der Waals surface area (Å²) < 4.78 is 5.72. The second kappa shape index (κ2) is 12.7. The predicted octanol–water partition coefficient (Wildman–Crippen LogP) is 5.03. The van der Waals surface area contributed by atoms with Crippen molar-refractivity contribution < 1.29 is 19.1 Å². The van der Waals surface area contributed by atoms with Crippen LogP contribution >= 0.6 is 0 Å². The monoisotopic (exact) mass is 556 g/mol. The zero-order valence-electron chi connectivity index (χ0n) is 24.3. The van der Waals surface area contributed by atoms with Gasteiger partial charge in [-0.3, -0.25) is 14.4 Å². The van der Waals surface area contributed by atoms with Gasteiger partial charge < -0.3 is 15.0 Å². The molecule has 8 nitrogen and oxygen atoms in total. The first-order valence-corrected chi connectivity index (χ1v) is 14.7. The summed E-state index contributed by atoms with van der Waals surface area (Å²) in [5.41, 5.74) is 4.22. The third-order valence-corrected chi connectivity index (χ3v) is 8.56. The third-order valence-electron chi connectivity index (χ3n) is 8.56. The van der Waals surface area contributed by atoms with Gasteiger partial charge in [-0.05, 0) is 67.1 Å². The molecule has 2 aromatic rings. The molecule has 0 spiro atoms. The largest absolute Gasteiger partial charge is 0.496 e. The van der Waals surface area contributed by atoms with Gasteiger partial charge in [-0.25, -0.2) is 5.01 Å². The Labute approximate surface area is 242 Å². The summed E-state index contributed by atoms with van der Waals surface area (Å²) in [5, 5.41) is 9.60. The zero-order chi connectivity index (χ0) is 28.9. The number of likely N-dealkylation sites (N-methyl/N-ethyl adjacent to an activating group) is 1. The van der Waals surface area contributed by atoms with Crippen LogP contribution in [0.1, 0.15) is 67.3 Å². The first-order valence-electron chi connectivity index (χ1n) is 14.7. The first-order chi connectivity index (χ1) is 19.9. The van der Waals surface area contributed by atoms with Gasteiger partial charge in [0.05, 0.1) is 31.3 Å². The second-order valence-corrected chi connectivity index (χ2v) is 11.4. The van der Waals surface area contributed by atoms with Crippen LogP contribution in [0.25, 0.3) is 11.1 Å². The molecule has 216 valence electrons. The van der Waals surface area contributed by atoms with Crippen LogP contribution in [0.4, 0.5) is 0 Å². The van der Waals surface area contributed by atoms with Crippen molar-refractivity contribution in [2.45, 2.75) is 57.4 Å². The maximum absolute atomic E-state index is 13.7.